The number of carbonyl (C=O) groups is 2. The van der Waals surface area contributed by atoms with Gasteiger partial charge in [0, 0.05) is 41.4 Å². The Bertz CT molecular complexity index is 894. The summed E-state index contributed by atoms with van der Waals surface area (Å²) in [6.45, 7) is 8.22. The van der Waals surface area contributed by atoms with Gasteiger partial charge < -0.3 is 15.4 Å². The van der Waals surface area contributed by atoms with Crippen molar-refractivity contribution in [1.82, 2.24) is 15.5 Å². The Morgan fingerprint density at radius 1 is 1.37 bits per heavy atom. The molecule has 162 valence electrons. The van der Waals surface area contributed by atoms with E-state index in [1.54, 1.807) is 6.07 Å². The van der Waals surface area contributed by atoms with Crippen LogP contribution in [0.5, 0.6) is 5.75 Å². The van der Waals surface area contributed by atoms with Crippen molar-refractivity contribution >= 4 is 29.4 Å². The van der Waals surface area contributed by atoms with Crippen LogP contribution in [-0.4, -0.2) is 40.4 Å². The molecule has 3 aliphatic rings. The van der Waals surface area contributed by atoms with Gasteiger partial charge in [0.2, 0.25) is 11.8 Å². The van der Waals surface area contributed by atoms with E-state index in [1.165, 1.54) is 4.90 Å². The lowest BCUT2D eigenvalue weighted by Gasteiger charge is -2.38. The number of nitrogens with one attached hydrogen (secondary N) is 3. The van der Waals surface area contributed by atoms with Crippen molar-refractivity contribution in [2.75, 3.05) is 6.54 Å². The van der Waals surface area contributed by atoms with Gasteiger partial charge in [-0.25, -0.2) is 0 Å². The molecular weight excluding hydrogens is 404 g/mol. The van der Waals surface area contributed by atoms with Crippen molar-refractivity contribution in [3.63, 3.8) is 0 Å². The highest BCUT2D eigenvalue weighted by molar-refractivity contribution is 6.30. The first-order valence-electron chi connectivity index (χ1n) is 10.4. The lowest BCUT2D eigenvalue weighted by molar-refractivity contribution is -0.131. The molecule has 0 radical (unpaired) electrons. The first-order valence-corrected chi connectivity index (χ1v) is 10.8. The smallest absolute Gasteiger partial charge is 0.231 e. The van der Waals surface area contributed by atoms with E-state index in [0.717, 1.165) is 12.0 Å². The van der Waals surface area contributed by atoms with Crippen molar-refractivity contribution in [3.8, 4) is 5.75 Å². The number of halogens is 1. The SMILES string of the molecule is CC1(C)CC(=O)N(C[C@@H]2C[C@H]2C(=O)N[C@H]2CC(C)(C)Oc3cc(Cl)ccc32)C(=N)N1. The molecule has 1 saturated carbocycles. The van der Waals surface area contributed by atoms with Crippen LogP contribution in [0.2, 0.25) is 5.02 Å². The van der Waals surface area contributed by atoms with Gasteiger partial charge in [-0.2, -0.15) is 0 Å². The summed E-state index contributed by atoms with van der Waals surface area (Å²) in [6.07, 6.45) is 1.74. The van der Waals surface area contributed by atoms with E-state index in [-0.39, 0.29) is 35.7 Å². The minimum atomic E-state index is -0.410. The van der Waals surface area contributed by atoms with Crippen LogP contribution in [0.15, 0.2) is 18.2 Å². The summed E-state index contributed by atoms with van der Waals surface area (Å²) in [5, 5.41) is 15.0. The highest BCUT2D eigenvalue weighted by Gasteiger charge is 2.47. The van der Waals surface area contributed by atoms with Crippen molar-refractivity contribution in [2.45, 2.75) is 64.1 Å². The zero-order valence-electron chi connectivity index (χ0n) is 17.8. The average Bonchev–Trinajstić information content (AvgIpc) is 3.35. The fourth-order valence-electron chi connectivity index (χ4n) is 4.46. The highest BCUT2D eigenvalue weighted by atomic mass is 35.5. The monoisotopic (exact) mass is 432 g/mol. The molecule has 2 fully saturated rings. The van der Waals surface area contributed by atoms with Crippen LogP contribution in [0.25, 0.3) is 0 Å². The first kappa shape index (κ1) is 21.0. The minimum Gasteiger partial charge on any atom is -0.487 e. The molecule has 4 rings (SSSR count). The molecule has 3 N–H and O–H groups in total. The summed E-state index contributed by atoms with van der Waals surface area (Å²) in [6, 6.07) is 5.36. The predicted octanol–water partition coefficient (Wildman–Crippen LogP) is 3.23. The fourth-order valence-corrected chi connectivity index (χ4v) is 4.62. The maximum Gasteiger partial charge on any atom is 0.231 e. The van der Waals surface area contributed by atoms with Crippen molar-refractivity contribution in [1.29, 1.82) is 5.41 Å². The summed E-state index contributed by atoms with van der Waals surface area (Å²) in [5.74, 6) is 0.702. The maximum atomic E-state index is 12.9. The van der Waals surface area contributed by atoms with E-state index < -0.39 is 11.1 Å². The Morgan fingerprint density at radius 3 is 2.80 bits per heavy atom. The standard InChI is InChI=1S/C22H29ClN4O3/c1-21(2)10-18(28)27(20(24)26-21)11-12-7-15(12)19(29)25-16-9-22(3,4)30-17-8-13(23)5-6-14(16)17/h5-6,8,12,15-16H,7,9-11H2,1-4H3,(H2,24,26)(H,25,29)/t12-,15+,16-/m0/s1. The van der Waals surface area contributed by atoms with Gasteiger partial charge in [0.1, 0.15) is 11.4 Å². The molecule has 1 aromatic rings. The second-order valence-electron chi connectivity index (χ2n) is 9.95. The predicted molar refractivity (Wildman–Crippen MR) is 115 cm³/mol. The van der Waals surface area contributed by atoms with Gasteiger partial charge in [-0.1, -0.05) is 17.7 Å². The Hall–Kier alpha value is -2.28. The van der Waals surface area contributed by atoms with Gasteiger partial charge in [0.15, 0.2) is 5.96 Å². The number of benzene rings is 1. The van der Waals surface area contributed by atoms with Crippen LogP contribution in [0, 0.1) is 17.2 Å². The van der Waals surface area contributed by atoms with Crippen LogP contribution < -0.4 is 15.4 Å². The van der Waals surface area contributed by atoms with Gasteiger partial charge in [-0.05, 0) is 52.2 Å². The zero-order chi connectivity index (χ0) is 21.8. The number of carbonyl (C=O) groups excluding carboxylic acids is 2. The summed E-state index contributed by atoms with van der Waals surface area (Å²) in [5.41, 5.74) is 0.118. The van der Waals surface area contributed by atoms with Crippen LogP contribution >= 0.6 is 11.6 Å². The average molecular weight is 433 g/mol. The Labute approximate surface area is 182 Å². The molecule has 2 aliphatic heterocycles. The molecule has 1 aliphatic carbocycles. The number of amides is 2. The first-order chi connectivity index (χ1) is 13.9. The molecule has 8 heteroatoms. The fraction of sp³-hybridized carbons (Fsp3) is 0.591. The van der Waals surface area contributed by atoms with Crippen LogP contribution in [-0.2, 0) is 9.59 Å². The topological polar surface area (TPSA) is 94.5 Å². The van der Waals surface area contributed by atoms with E-state index in [2.05, 4.69) is 10.6 Å². The minimum absolute atomic E-state index is 0.00659. The molecular formula is C22H29ClN4O3. The summed E-state index contributed by atoms with van der Waals surface area (Å²) >= 11 is 6.11. The lowest BCUT2D eigenvalue weighted by atomic mass is 9.89. The third kappa shape index (κ3) is 4.26. The highest BCUT2D eigenvalue weighted by Crippen LogP contribution is 2.43. The van der Waals surface area contributed by atoms with Crippen molar-refractivity contribution < 1.29 is 14.3 Å². The Balaban J connectivity index is 1.39. The molecule has 3 atom stereocenters. The molecule has 1 saturated heterocycles. The van der Waals surface area contributed by atoms with Gasteiger partial charge in [0.05, 0.1) is 6.04 Å². The van der Waals surface area contributed by atoms with E-state index in [4.69, 9.17) is 21.7 Å². The molecule has 0 bridgehead atoms. The third-order valence-electron chi connectivity index (χ3n) is 6.05. The Kier molecular flexibility index (Phi) is 5.00. The van der Waals surface area contributed by atoms with Gasteiger partial charge in [-0.3, -0.25) is 19.9 Å². The number of hydrogen-bond acceptors (Lipinski definition) is 4. The van der Waals surface area contributed by atoms with Gasteiger partial charge >= 0.3 is 0 Å². The summed E-state index contributed by atoms with van der Waals surface area (Å²) in [7, 11) is 0. The van der Waals surface area contributed by atoms with Crippen molar-refractivity contribution in [3.05, 3.63) is 28.8 Å². The number of guanidine groups is 1. The molecule has 1 aromatic carbocycles. The number of hydrogen-bond donors (Lipinski definition) is 3. The molecule has 0 unspecified atom stereocenters. The number of fused-ring (bicyclic) bond motifs is 1. The third-order valence-corrected chi connectivity index (χ3v) is 6.28. The van der Waals surface area contributed by atoms with E-state index >= 15 is 0 Å². The molecule has 0 aromatic heterocycles. The Morgan fingerprint density at radius 2 is 2.10 bits per heavy atom. The molecule has 2 heterocycles. The second-order valence-corrected chi connectivity index (χ2v) is 10.4. The van der Waals surface area contributed by atoms with Crippen LogP contribution in [0.3, 0.4) is 0 Å². The number of nitrogens with zero attached hydrogens (tertiary/aromatic N) is 1. The summed E-state index contributed by atoms with van der Waals surface area (Å²) in [4.78, 5) is 26.8. The number of ether oxygens (including phenoxy) is 1. The van der Waals surface area contributed by atoms with Gasteiger partial charge in [-0.15, -0.1) is 0 Å². The summed E-state index contributed by atoms with van der Waals surface area (Å²) < 4.78 is 6.04. The molecule has 2 amide bonds. The second kappa shape index (κ2) is 7.15. The molecule has 0 spiro atoms. The van der Waals surface area contributed by atoms with E-state index in [9.17, 15) is 9.59 Å². The quantitative estimate of drug-likeness (QED) is 0.680. The van der Waals surface area contributed by atoms with E-state index in [0.29, 0.717) is 30.2 Å². The normalized spacial score (nSPS) is 28.8. The molecule has 30 heavy (non-hydrogen) atoms. The zero-order valence-corrected chi connectivity index (χ0v) is 18.6. The lowest BCUT2D eigenvalue weighted by Crippen LogP contribution is -2.60. The van der Waals surface area contributed by atoms with E-state index in [1.807, 2.05) is 39.8 Å². The van der Waals surface area contributed by atoms with Crippen molar-refractivity contribution in [2.24, 2.45) is 11.8 Å². The van der Waals surface area contributed by atoms with Crippen LogP contribution in [0.1, 0.15) is 58.6 Å². The maximum absolute atomic E-state index is 12.9. The number of rotatable bonds is 4. The van der Waals surface area contributed by atoms with Gasteiger partial charge in [0.25, 0.3) is 0 Å². The largest absolute Gasteiger partial charge is 0.487 e. The van der Waals surface area contributed by atoms with Crippen LogP contribution in [0.4, 0.5) is 0 Å². The molecule has 7 nitrogen and oxygen atoms in total.